The van der Waals surface area contributed by atoms with Crippen LogP contribution in [-0.2, 0) is 6.42 Å². The Hall–Kier alpha value is -1.74. The molecule has 19 heavy (non-hydrogen) atoms. The van der Waals surface area contributed by atoms with Crippen LogP contribution in [0.4, 0.5) is 4.39 Å². The summed E-state index contributed by atoms with van der Waals surface area (Å²) in [6.07, 6.45) is 3.91. The molecular formula is C16H17FN2. The van der Waals surface area contributed by atoms with Crippen LogP contribution in [0.2, 0.25) is 0 Å². The Bertz CT molecular complexity index is 582. The maximum absolute atomic E-state index is 13.8. The Morgan fingerprint density at radius 1 is 1.26 bits per heavy atom. The van der Waals surface area contributed by atoms with E-state index in [9.17, 15) is 4.39 Å². The van der Waals surface area contributed by atoms with E-state index in [2.05, 4.69) is 16.4 Å². The van der Waals surface area contributed by atoms with Gasteiger partial charge in [-0.15, -0.1) is 0 Å². The van der Waals surface area contributed by atoms with E-state index in [1.54, 1.807) is 6.07 Å². The van der Waals surface area contributed by atoms with E-state index in [1.807, 2.05) is 31.3 Å². The molecule has 0 saturated heterocycles. The fourth-order valence-corrected chi connectivity index (χ4v) is 2.79. The SMILES string of the molecule is CC(NC1CCc2cccnc21)c1ccccc1F. The first kappa shape index (κ1) is 12.3. The third-order valence-electron chi connectivity index (χ3n) is 3.78. The van der Waals surface area contributed by atoms with Gasteiger partial charge in [-0.05, 0) is 37.5 Å². The van der Waals surface area contributed by atoms with Crippen molar-refractivity contribution in [3.63, 3.8) is 0 Å². The van der Waals surface area contributed by atoms with Crippen LogP contribution in [0.3, 0.4) is 0 Å². The quantitative estimate of drug-likeness (QED) is 0.908. The lowest BCUT2D eigenvalue weighted by Crippen LogP contribution is -2.24. The number of nitrogens with zero attached hydrogens (tertiary/aromatic N) is 1. The molecule has 0 aliphatic heterocycles. The molecule has 0 saturated carbocycles. The summed E-state index contributed by atoms with van der Waals surface area (Å²) in [5.74, 6) is -0.151. The Kier molecular flexibility index (Phi) is 3.30. The van der Waals surface area contributed by atoms with Crippen molar-refractivity contribution >= 4 is 0 Å². The molecule has 2 atom stereocenters. The second kappa shape index (κ2) is 5.10. The van der Waals surface area contributed by atoms with E-state index in [0.29, 0.717) is 5.56 Å². The van der Waals surface area contributed by atoms with Gasteiger partial charge < -0.3 is 5.32 Å². The van der Waals surface area contributed by atoms with E-state index in [-0.39, 0.29) is 17.9 Å². The number of nitrogens with one attached hydrogen (secondary N) is 1. The van der Waals surface area contributed by atoms with E-state index >= 15 is 0 Å². The van der Waals surface area contributed by atoms with Crippen LogP contribution < -0.4 is 5.32 Å². The zero-order chi connectivity index (χ0) is 13.2. The van der Waals surface area contributed by atoms with Gasteiger partial charge in [0.05, 0.1) is 11.7 Å². The Morgan fingerprint density at radius 2 is 2.11 bits per heavy atom. The molecule has 0 amide bonds. The average molecular weight is 256 g/mol. The third kappa shape index (κ3) is 2.38. The lowest BCUT2D eigenvalue weighted by molar-refractivity contribution is 0.444. The van der Waals surface area contributed by atoms with Crippen LogP contribution in [0.5, 0.6) is 0 Å². The Labute approximate surface area is 112 Å². The Morgan fingerprint density at radius 3 is 2.95 bits per heavy atom. The summed E-state index contributed by atoms with van der Waals surface area (Å²) < 4.78 is 13.8. The van der Waals surface area contributed by atoms with Gasteiger partial charge in [0.1, 0.15) is 5.82 Å². The zero-order valence-corrected chi connectivity index (χ0v) is 10.9. The molecule has 1 aliphatic carbocycles. The molecule has 3 heteroatoms. The van der Waals surface area contributed by atoms with Crippen molar-refractivity contribution in [3.05, 3.63) is 65.2 Å². The largest absolute Gasteiger partial charge is 0.302 e. The molecular weight excluding hydrogens is 239 g/mol. The predicted octanol–water partition coefficient (Wildman–Crippen LogP) is 3.56. The molecule has 1 aromatic carbocycles. The molecule has 0 fully saturated rings. The van der Waals surface area contributed by atoms with Crippen LogP contribution >= 0.6 is 0 Å². The van der Waals surface area contributed by atoms with Gasteiger partial charge in [0, 0.05) is 17.8 Å². The highest BCUT2D eigenvalue weighted by molar-refractivity contribution is 5.29. The van der Waals surface area contributed by atoms with Crippen molar-refractivity contribution in [2.24, 2.45) is 0 Å². The number of benzene rings is 1. The molecule has 98 valence electrons. The highest BCUT2D eigenvalue weighted by Crippen LogP contribution is 2.31. The summed E-state index contributed by atoms with van der Waals surface area (Å²) in [4.78, 5) is 4.45. The maximum atomic E-state index is 13.8. The number of aromatic nitrogens is 1. The first-order chi connectivity index (χ1) is 9.25. The summed E-state index contributed by atoms with van der Waals surface area (Å²) in [6.45, 7) is 2.00. The molecule has 1 heterocycles. The highest BCUT2D eigenvalue weighted by atomic mass is 19.1. The summed E-state index contributed by atoms with van der Waals surface area (Å²) in [7, 11) is 0. The van der Waals surface area contributed by atoms with Gasteiger partial charge >= 0.3 is 0 Å². The first-order valence-corrected chi connectivity index (χ1v) is 6.70. The van der Waals surface area contributed by atoms with Crippen molar-refractivity contribution in [3.8, 4) is 0 Å². The second-order valence-electron chi connectivity index (χ2n) is 5.05. The minimum absolute atomic E-state index is 0.0147. The van der Waals surface area contributed by atoms with Gasteiger partial charge in [-0.25, -0.2) is 4.39 Å². The molecule has 1 N–H and O–H groups in total. The molecule has 2 aromatic rings. The van der Waals surface area contributed by atoms with Gasteiger partial charge in [-0.2, -0.15) is 0 Å². The molecule has 2 unspecified atom stereocenters. The normalized spacial score (nSPS) is 19.2. The average Bonchev–Trinajstić information content (AvgIpc) is 2.83. The fourth-order valence-electron chi connectivity index (χ4n) is 2.79. The Balaban J connectivity index is 1.78. The number of hydrogen-bond donors (Lipinski definition) is 1. The van der Waals surface area contributed by atoms with Crippen LogP contribution in [0.25, 0.3) is 0 Å². The zero-order valence-electron chi connectivity index (χ0n) is 10.9. The van der Waals surface area contributed by atoms with E-state index in [0.717, 1.165) is 18.5 Å². The predicted molar refractivity (Wildman–Crippen MR) is 73.2 cm³/mol. The maximum Gasteiger partial charge on any atom is 0.127 e. The summed E-state index contributed by atoms with van der Waals surface area (Å²) >= 11 is 0. The van der Waals surface area contributed by atoms with Crippen molar-refractivity contribution < 1.29 is 4.39 Å². The molecule has 3 rings (SSSR count). The lowest BCUT2D eigenvalue weighted by atomic mass is 10.1. The number of fused-ring (bicyclic) bond motifs is 1. The topological polar surface area (TPSA) is 24.9 Å². The number of pyridine rings is 1. The van der Waals surface area contributed by atoms with Gasteiger partial charge in [0.15, 0.2) is 0 Å². The molecule has 0 spiro atoms. The van der Waals surface area contributed by atoms with E-state index in [4.69, 9.17) is 0 Å². The summed E-state index contributed by atoms with van der Waals surface area (Å²) in [6, 6.07) is 11.2. The van der Waals surface area contributed by atoms with E-state index in [1.165, 1.54) is 11.6 Å². The second-order valence-corrected chi connectivity index (χ2v) is 5.05. The van der Waals surface area contributed by atoms with Crippen LogP contribution in [0.15, 0.2) is 42.6 Å². The lowest BCUT2D eigenvalue weighted by Gasteiger charge is -2.20. The van der Waals surface area contributed by atoms with Crippen molar-refractivity contribution in [2.45, 2.75) is 31.8 Å². The molecule has 1 aromatic heterocycles. The minimum atomic E-state index is -0.151. The smallest absolute Gasteiger partial charge is 0.127 e. The van der Waals surface area contributed by atoms with Crippen LogP contribution in [0.1, 0.15) is 42.2 Å². The van der Waals surface area contributed by atoms with Gasteiger partial charge in [0.25, 0.3) is 0 Å². The molecule has 2 nitrogen and oxygen atoms in total. The molecule has 0 radical (unpaired) electrons. The minimum Gasteiger partial charge on any atom is -0.302 e. The summed E-state index contributed by atoms with van der Waals surface area (Å²) in [5.41, 5.74) is 3.14. The van der Waals surface area contributed by atoms with Crippen molar-refractivity contribution in [1.29, 1.82) is 0 Å². The van der Waals surface area contributed by atoms with Crippen molar-refractivity contribution in [2.75, 3.05) is 0 Å². The van der Waals surface area contributed by atoms with Gasteiger partial charge in [-0.3, -0.25) is 4.98 Å². The first-order valence-electron chi connectivity index (χ1n) is 6.70. The van der Waals surface area contributed by atoms with Crippen LogP contribution in [-0.4, -0.2) is 4.98 Å². The third-order valence-corrected chi connectivity index (χ3v) is 3.78. The van der Waals surface area contributed by atoms with Crippen molar-refractivity contribution in [1.82, 2.24) is 10.3 Å². The van der Waals surface area contributed by atoms with Crippen LogP contribution in [0, 0.1) is 5.82 Å². The molecule has 1 aliphatic rings. The fraction of sp³-hybridized carbons (Fsp3) is 0.312. The monoisotopic (exact) mass is 256 g/mol. The number of aryl methyl sites for hydroxylation is 1. The standard InChI is InChI=1S/C16H17FN2/c1-11(13-6-2-3-7-14(13)17)19-15-9-8-12-5-4-10-18-16(12)15/h2-7,10-11,15,19H,8-9H2,1H3. The molecule has 0 bridgehead atoms. The van der Waals surface area contributed by atoms with Gasteiger partial charge in [0.2, 0.25) is 0 Å². The highest BCUT2D eigenvalue weighted by Gasteiger charge is 2.25. The number of rotatable bonds is 3. The van der Waals surface area contributed by atoms with E-state index < -0.39 is 0 Å². The van der Waals surface area contributed by atoms with Gasteiger partial charge in [-0.1, -0.05) is 24.3 Å². The number of hydrogen-bond acceptors (Lipinski definition) is 2. The summed E-state index contributed by atoms with van der Waals surface area (Å²) in [5, 5.41) is 3.49. The number of halogens is 1.